The Hall–Kier alpha value is -3.87. The Labute approximate surface area is 228 Å². The second-order valence-corrected chi connectivity index (χ2v) is 11.0. The minimum Gasteiger partial charge on any atom is -0.447 e. The highest BCUT2D eigenvalue weighted by atomic mass is 35.5. The van der Waals surface area contributed by atoms with Crippen molar-refractivity contribution in [2.75, 3.05) is 18.5 Å². The summed E-state index contributed by atoms with van der Waals surface area (Å²) < 4.78 is 6.91. The van der Waals surface area contributed by atoms with Crippen LogP contribution in [0.4, 0.5) is 10.5 Å². The molecule has 4 aromatic rings. The summed E-state index contributed by atoms with van der Waals surface area (Å²) in [5.74, 6) is 3.26. The molecule has 4 heterocycles. The van der Waals surface area contributed by atoms with Gasteiger partial charge in [0.1, 0.15) is 17.4 Å². The molecule has 1 amide bonds. The molecule has 10 heteroatoms. The average Bonchev–Trinajstić information content (AvgIpc) is 3.54. The van der Waals surface area contributed by atoms with Crippen molar-refractivity contribution in [1.82, 2.24) is 19.4 Å². The van der Waals surface area contributed by atoms with Crippen LogP contribution >= 0.6 is 22.9 Å². The molecule has 1 N–H and O–H groups in total. The van der Waals surface area contributed by atoms with Gasteiger partial charge in [0, 0.05) is 28.9 Å². The first-order valence-corrected chi connectivity index (χ1v) is 13.5. The first-order chi connectivity index (χ1) is 18.4. The maximum Gasteiger partial charge on any atom is 0.410 e. The lowest BCUT2D eigenvalue weighted by atomic mass is 9.97. The summed E-state index contributed by atoms with van der Waals surface area (Å²) >= 11 is 7.46. The number of carbonyl (C=O) groups is 1. The predicted molar refractivity (Wildman–Crippen MR) is 149 cm³/mol. The van der Waals surface area contributed by atoms with Crippen LogP contribution in [0.25, 0.3) is 21.5 Å². The molecular formula is C28H24ClN5O3S. The highest BCUT2D eigenvalue weighted by Crippen LogP contribution is 2.36. The van der Waals surface area contributed by atoms with Gasteiger partial charge in [0.15, 0.2) is 0 Å². The maximum atomic E-state index is 13.7. The number of amides is 1. The van der Waals surface area contributed by atoms with Crippen LogP contribution in [-0.4, -0.2) is 50.8 Å². The number of terminal acetylenes is 1. The zero-order valence-electron chi connectivity index (χ0n) is 20.6. The van der Waals surface area contributed by atoms with E-state index < -0.39 is 0 Å². The Kier molecular flexibility index (Phi) is 6.30. The highest BCUT2D eigenvalue weighted by Gasteiger charge is 2.38. The van der Waals surface area contributed by atoms with E-state index in [1.54, 1.807) is 15.7 Å². The molecule has 0 bridgehead atoms. The van der Waals surface area contributed by atoms with Crippen LogP contribution in [0.2, 0.25) is 5.02 Å². The Bertz CT molecular complexity index is 1660. The lowest BCUT2D eigenvalue weighted by Crippen LogP contribution is -2.45. The van der Waals surface area contributed by atoms with Crippen molar-refractivity contribution < 1.29 is 9.53 Å². The SMILES string of the molecule is C#Cc1cnc(-c2cc3nc(C)n(Cc4ccc(Cl)cc4)c(=O)c3cc2N[C@H]2CCN3C(=O)OC[C@@H]3C2)s1. The van der Waals surface area contributed by atoms with Crippen molar-refractivity contribution in [3.8, 4) is 22.9 Å². The fourth-order valence-electron chi connectivity index (χ4n) is 5.15. The van der Waals surface area contributed by atoms with E-state index in [-0.39, 0.29) is 23.7 Å². The molecule has 192 valence electrons. The molecule has 2 aliphatic rings. The van der Waals surface area contributed by atoms with E-state index in [1.807, 2.05) is 43.3 Å². The number of thiazole rings is 1. The monoisotopic (exact) mass is 545 g/mol. The van der Waals surface area contributed by atoms with Crippen LogP contribution in [0.3, 0.4) is 0 Å². The number of nitrogens with one attached hydrogen (secondary N) is 1. The number of aromatic nitrogens is 3. The van der Waals surface area contributed by atoms with E-state index in [0.717, 1.165) is 39.5 Å². The van der Waals surface area contributed by atoms with Crippen LogP contribution in [0.1, 0.15) is 29.1 Å². The number of fused-ring (bicyclic) bond motifs is 2. The van der Waals surface area contributed by atoms with E-state index >= 15 is 0 Å². The van der Waals surface area contributed by atoms with E-state index in [1.165, 1.54) is 11.3 Å². The number of hydrogen-bond acceptors (Lipinski definition) is 7. The number of cyclic esters (lactones) is 1. The summed E-state index contributed by atoms with van der Waals surface area (Å²) in [5, 5.41) is 5.56. The number of ether oxygens (including phenoxy) is 1. The Morgan fingerprint density at radius 1 is 1.26 bits per heavy atom. The van der Waals surface area contributed by atoms with Gasteiger partial charge in [-0.1, -0.05) is 29.7 Å². The molecule has 38 heavy (non-hydrogen) atoms. The molecule has 2 saturated heterocycles. The van der Waals surface area contributed by atoms with Crippen molar-refractivity contribution in [2.24, 2.45) is 0 Å². The van der Waals surface area contributed by atoms with Gasteiger partial charge in [0.05, 0.1) is 34.6 Å². The minimum absolute atomic E-state index is 0.0477. The summed E-state index contributed by atoms with van der Waals surface area (Å²) in [5.41, 5.74) is 3.07. The Morgan fingerprint density at radius 3 is 2.84 bits per heavy atom. The van der Waals surface area contributed by atoms with Crippen molar-refractivity contribution in [3.63, 3.8) is 0 Å². The molecule has 0 saturated carbocycles. The maximum absolute atomic E-state index is 13.7. The zero-order chi connectivity index (χ0) is 26.4. The lowest BCUT2D eigenvalue weighted by molar-refractivity contribution is 0.153. The molecule has 2 atom stereocenters. The Morgan fingerprint density at radius 2 is 2.08 bits per heavy atom. The average molecular weight is 546 g/mol. The third kappa shape index (κ3) is 4.51. The van der Waals surface area contributed by atoms with Crippen molar-refractivity contribution in [1.29, 1.82) is 0 Å². The standard InChI is InChI=1S/C28H24ClN5O3S/c1-3-21-13-30-26(38-21)22-11-25-23(12-24(22)32-19-8-9-33-20(10-19)15-37-28(33)36)27(35)34(16(2)31-25)14-17-4-6-18(29)7-5-17/h1,4-7,11-13,19-20,32H,8-10,14-15H2,2H3/t19-,20-/m0/s1. The third-order valence-electron chi connectivity index (χ3n) is 7.13. The van der Waals surface area contributed by atoms with Gasteiger partial charge in [-0.15, -0.1) is 17.8 Å². The number of nitrogens with zero attached hydrogens (tertiary/aromatic N) is 4. The smallest absolute Gasteiger partial charge is 0.410 e. The number of aryl methyl sites for hydroxylation is 1. The van der Waals surface area contributed by atoms with Gasteiger partial charge in [0.25, 0.3) is 5.56 Å². The van der Waals surface area contributed by atoms with Gasteiger partial charge in [-0.25, -0.2) is 14.8 Å². The molecule has 8 nitrogen and oxygen atoms in total. The van der Waals surface area contributed by atoms with Crippen molar-refractivity contribution >= 4 is 45.6 Å². The number of rotatable bonds is 5. The zero-order valence-corrected chi connectivity index (χ0v) is 22.2. The topological polar surface area (TPSA) is 89.4 Å². The molecule has 0 unspecified atom stereocenters. The summed E-state index contributed by atoms with van der Waals surface area (Å²) in [7, 11) is 0. The lowest BCUT2D eigenvalue weighted by Gasteiger charge is -2.33. The van der Waals surface area contributed by atoms with Crippen LogP contribution in [0, 0.1) is 19.3 Å². The molecule has 6 rings (SSSR count). The van der Waals surface area contributed by atoms with E-state index in [9.17, 15) is 9.59 Å². The molecule has 2 aliphatic heterocycles. The highest BCUT2D eigenvalue weighted by molar-refractivity contribution is 7.15. The number of halogens is 1. The molecule has 0 spiro atoms. The number of hydrogen-bond donors (Lipinski definition) is 1. The molecule has 2 aromatic carbocycles. The molecule has 0 aliphatic carbocycles. The van der Waals surface area contributed by atoms with Crippen molar-refractivity contribution in [2.45, 2.75) is 38.4 Å². The summed E-state index contributed by atoms with van der Waals surface area (Å²) in [6.07, 6.45) is 8.56. The van der Waals surface area contributed by atoms with Gasteiger partial charge in [0.2, 0.25) is 0 Å². The van der Waals surface area contributed by atoms with Crippen LogP contribution in [0.5, 0.6) is 0 Å². The second kappa shape index (κ2) is 9.78. The van der Waals surface area contributed by atoms with Crippen molar-refractivity contribution in [3.05, 3.63) is 74.2 Å². The normalized spacial score (nSPS) is 18.8. The molecular weight excluding hydrogens is 522 g/mol. The number of carbonyl (C=O) groups excluding carboxylic acids is 1. The van der Waals surface area contributed by atoms with Gasteiger partial charge < -0.3 is 15.0 Å². The number of piperidine rings is 1. The fourth-order valence-corrected chi connectivity index (χ4v) is 6.03. The largest absolute Gasteiger partial charge is 0.447 e. The van der Waals surface area contributed by atoms with Gasteiger partial charge >= 0.3 is 6.09 Å². The predicted octanol–water partition coefficient (Wildman–Crippen LogP) is 4.91. The Balaban J connectivity index is 1.41. The summed E-state index contributed by atoms with van der Waals surface area (Å²) in [6.45, 7) is 3.25. The van der Waals surface area contributed by atoms with E-state index in [2.05, 4.69) is 16.2 Å². The van der Waals surface area contributed by atoms with Crippen LogP contribution in [-0.2, 0) is 11.3 Å². The van der Waals surface area contributed by atoms with Crippen LogP contribution in [0.15, 0.2) is 47.4 Å². The van der Waals surface area contributed by atoms with Gasteiger partial charge in [-0.05, 0) is 49.6 Å². The molecule has 0 radical (unpaired) electrons. The first kappa shape index (κ1) is 24.5. The summed E-state index contributed by atoms with van der Waals surface area (Å²) in [6, 6.07) is 11.4. The van der Waals surface area contributed by atoms with Crippen LogP contribution < -0.4 is 10.9 Å². The first-order valence-electron chi connectivity index (χ1n) is 12.3. The number of benzene rings is 2. The van der Waals surface area contributed by atoms with Gasteiger partial charge in [-0.3, -0.25) is 9.36 Å². The second-order valence-electron chi connectivity index (χ2n) is 9.56. The van der Waals surface area contributed by atoms with E-state index in [4.69, 9.17) is 27.7 Å². The number of anilines is 1. The van der Waals surface area contributed by atoms with E-state index in [0.29, 0.717) is 41.4 Å². The quantitative estimate of drug-likeness (QED) is 0.359. The molecule has 2 fully saturated rings. The summed E-state index contributed by atoms with van der Waals surface area (Å²) in [4.78, 5) is 37.5. The minimum atomic E-state index is -0.243. The fraction of sp³-hybridized carbons (Fsp3) is 0.286. The van der Waals surface area contributed by atoms with Gasteiger partial charge in [-0.2, -0.15) is 0 Å². The molecule has 2 aromatic heterocycles. The third-order valence-corrected chi connectivity index (χ3v) is 8.34.